The van der Waals surface area contributed by atoms with Crippen molar-refractivity contribution in [2.45, 2.75) is 39.3 Å². The Morgan fingerprint density at radius 2 is 2.29 bits per heavy atom. The second kappa shape index (κ2) is 7.41. The van der Waals surface area contributed by atoms with E-state index in [1.165, 1.54) is 6.42 Å². The minimum Gasteiger partial charge on any atom is -0.271 e. The van der Waals surface area contributed by atoms with Crippen LogP contribution in [-0.2, 0) is 0 Å². The molecule has 0 amide bonds. The number of nitrogens with zero attached hydrogens (tertiary/aromatic N) is 2. The molecule has 1 heterocycles. The van der Waals surface area contributed by atoms with Gasteiger partial charge in [-0.2, -0.15) is 16.9 Å². The predicted octanol–water partition coefficient (Wildman–Crippen LogP) is 2.87. The van der Waals surface area contributed by atoms with Crippen molar-refractivity contribution < 1.29 is 0 Å². The molecule has 0 fully saturated rings. The lowest BCUT2D eigenvalue weighted by molar-refractivity contribution is 0.467. The number of hydrogen-bond acceptors (Lipinski definition) is 4. The van der Waals surface area contributed by atoms with Crippen LogP contribution in [0.5, 0.6) is 0 Å². The van der Waals surface area contributed by atoms with Crippen LogP contribution in [0, 0.1) is 0 Å². The number of nitrogens with two attached hydrogens (primary N) is 1. The molecule has 0 aliphatic heterocycles. The second-order valence-electron chi connectivity index (χ2n) is 4.21. The zero-order chi connectivity index (χ0) is 12.8. The van der Waals surface area contributed by atoms with Crippen molar-refractivity contribution in [3.63, 3.8) is 0 Å². The lowest BCUT2D eigenvalue weighted by atomic mass is 10.2. The fourth-order valence-corrected chi connectivity index (χ4v) is 3.13. The van der Waals surface area contributed by atoms with Crippen LogP contribution in [0.2, 0.25) is 0 Å². The highest BCUT2D eigenvalue weighted by Gasteiger charge is 2.20. The zero-order valence-electron chi connectivity index (χ0n) is 10.6. The molecular weight excluding hydrogens is 300 g/mol. The molecule has 3 N–H and O–H groups in total. The van der Waals surface area contributed by atoms with Crippen molar-refractivity contribution >= 4 is 27.7 Å². The van der Waals surface area contributed by atoms with E-state index >= 15 is 0 Å². The van der Waals surface area contributed by atoms with E-state index < -0.39 is 0 Å². The fourth-order valence-electron chi connectivity index (χ4n) is 1.64. The first-order chi connectivity index (χ1) is 8.11. The van der Waals surface area contributed by atoms with Gasteiger partial charge in [-0.3, -0.25) is 16.0 Å². The summed E-state index contributed by atoms with van der Waals surface area (Å²) in [7, 11) is 0. The molecule has 6 heteroatoms. The molecule has 1 unspecified atom stereocenters. The molecule has 0 aliphatic carbocycles. The maximum absolute atomic E-state index is 5.66. The van der Waals surface area contributed by atoms with Crippen molar-refractivity contribution in [2.75, 3.05) is 11.5 Å². The van der Waals surface area contributed by atoms with Crippen LogP contribution in [0.3, 0.4) is 0 Å². The van der Waals surface area contributed by atoms with Gasteiger partial charge in [-0.25, -0.2) is 0 Å². The number of rotatable bonds is 7. The molecule has 98 valence electrons. The molecule has 0 aromatic carbocycles. The Labute approximate surface area is 116 Å². The fraction of sp³-hybridized carbons (Fsp3) is 0.727. The van der Waals surface area contributed by atoms with Crippen molar-refractivity contribution in [3.8, 4) is 0 Å². The van der Waals surface area contributed by atoms with Crippen molar-refractivity contribution in [1.82, 2.24) is 15.2 Å². The van der Waals surface area contributed by atoms with Gasteiger partial charge in [0.05, 0.1) is 22.4 Å². The maximum Gasteiger partial charge on any atom is 0.0730 e. The van der Waals surface area contributed by atoms with Crippen LogP contribution in [0.25, 0.3) is 0 Å². The maximum atomic E-state index is 5.66. The minimum atomic E-state index is 0.130. The molecule has 1 aromatic heterocycles. The quantitative estimate of drug-likeness (QED) is 0.461. The van der Waals surface area contributed by atoms with Crippen molar-refractivity contribution in [3.05, 3.63) is 16.4 Å². The average molecular weight is 321 g/mol. The molecule has 0 spiro atoms. The Hall–Kier alpha value is -0.0400. The third-order valence-corrected chi connectivity index (χ3v) is 4.32. The highest BCUT2D eigenvalue weighted by atomic mass is 79.9. The molecule has 4 nitrogen and oxygen atoms in total. The summed E-state index contributed by atoms with van der Waals surface area (Å²) in [5.74, 6) is 7.78. The van der Waals surface area contributed by atoms with Crippen molar-refractivity contribution in [1.29, 1.82) is 0 Å². The van der Waals surface area contributed by atoms with Gasteiger partial charge in [0.25, 0.3) is 0 Å². The zero-order valence-corrected chi connectivity index (χ0v) is 13.0. The molecule has 0 bridgehead atoms. The summed E-state index contributed by atoms with van der Waals surface area (Å²) in [5, 5.41) is 4.38. The van der Waals surface area contributed by atoms with Gasteiger partial charge in [-0.15, -0.1) is 0 Å². The van der Waals surface area contributed by atoms with Gasteiger partial charge >= 0.3 is 0 Å². The molecule has 0 saturated carbocycles. The van der Waals surface area contributed by atoms with Gasteiger partial charge in [-0.05, 0) is 42.0 Å². The standard InChI is InChI=1S/C11H21BrN4S/c1-4-5-17-7-10(15-13)11-9(12)6-14-16(11)8(2)3/h6,8,10,15H,4-5,7,13H2,1-3H3. The summed E-state index contributed by atoms with van der Waals surface area (Å²) in [6.45, 7) is 6.43. The summed E-state index contributed by atoms with van der Waals surface area (Å²) in [4.78, 5) is 0. The van der Waals surface area contributed by atoms with Crippen LogP contribution >= 0.6 is 27.7 Å². The van der Waals surface area contributed by atoms with E-state index in [0.29, 0.717) is 6.04 Å². The number of nitrogens with one attached hydrogen (secondary N) is 1. The van der Waals surface area contributed by atoms with E-state index in [4.69, 9.17) is 5.84 Å². The molecule has 0 radical (unpaired) electrons. The highest BCUT2D eigenvalue weighted by molar-refractivity contribution is 9.10. The van der Waals surface area contributed by atoms with E-state index in [9.17, 15) is 0 Å². The van der Waals surface area contributed by atoms with E-state index in [1.54, 1.807) is 0 Å². The summed E-state index contributed by atoms with van der Waals surface area (Å²) >= 11 is 5.46. The summed E-state index contributed by atoms with van der Waals surface area (Å²) in [6.07, 6.45) is 3.02. The highest BCUT2D eigenvalue weighted by Crippen LogP contribution is 2.27. The van der Waals surface area contributed by atoms with E-state index in [2.05, 4.69) is 47.2 Å². The third-order valence-electron chi connectivity index (χ3n) is 2.44. The first-order valence-electron chi connectivity index (χ1n) is 5.88. The van der Waals surface area contributed by atoms with Crippen molar-refractivity contribution in [2.24, 2.45) is 5.84 Å². The Bertz CT molecular complexity index is 340. The Morgan fingerprint density at radius 3 is 2.82 bits per heavy atom. The first kappa shape index (κ1) is 15.0. The largest absolute Gasteiger partial charge is 0.271 e. The van der Waals surface area contributed by atoms with Gasteiger partial charge < -0.3 is 0 Å². The number of hydrogen-bond donors (Lipinski definition) is 2. The summed E-state index contributed by atoms with van der Waals surface area (Å²) in [5.41, 5.74) is 4.02. The smallest absolute Gasteiger partial charge is 0.0730 e. The predicted molar refractivity (Wildman–Crippen MR) is 78.0 cm³/mol. The SMILES string of the molecule is CCCSCC(NN)c1c(Br)cnn1C(C)C. The lowest BCUT2D eigenvalue weighted by Crippen LogP contribution is -2.32. The second-order valence-corrected chi connectivity index (χ2v) is 6.21. The van der Waals surface area contributed by atoms with Gasteiger partial charge in [0.2, 0.25) is 0 Å². The Balaban J connectivity index is 2.82. The molecule has 1 aromatic rings. The van der Waals surface area contributed by atoms with Crippen LogP contribution in [0.15, 0.2) is 10.7 Å². The number of halogens is 1. The van der Waals surface area contributed by atoms with Crippen LogP contribution in [0.1, 0.15) is 45.0 Å². The first-order valence-corrected chi connectivity index (χ1v) is 7.83. The average Bonchev–Trinajstić information content (AvgIpc) is 2.67. The summed E-state index contributed by atoms with van der Waals surface area (Å²) < 4.78 is 3.03. The molecule has 17 heavy (non-hydrogen) atoms. The van der Waals surface area contributed by atoms with Gasteiger partial charge in [0, 0.05) is 11.8 Å². The van der Waals surface area contributed by atoms with Gasteiger partial charge in [-0.1, -0.05) is 6.92 Å². The number of aromatic nitrogens is 2. The van der Waals surface area contributed by atoms with Crippen LogP contribution in [-0.4, -0.2) is 21.3 Å². The monoisotopic (exact) mass is 320 g/mol. The topological polar surface area (TPSA) is 55.9 Å². The number of hydrazine groups is 1. The van der Waals surface area contributed by atoms with Crippen LogP contribution in [0.4, 0.5) is 0 Å². The lowest BCUT2D eigenvalue weighted by Gasteiger charge is -2.20. The van der Waals surface area contributed by atoms with Gasteiger partial charge in [0.1, 0.15) is 0 Å². The Morgan fingerprint density at radius 1 is 1.59 bits per heavy atom. The van der Waals surface area contributed by atoms with E-state index in [1.807, 2.05) is 22.6 Å². The van der Waals surface area contributed by atoms with E-state index in [0.717, 1.165) is 21.7 Å². The molecule has 1 atom stereocenters. The normalized spacial score (nSPS) is 13.3. The Kier molecular flexibility index (Phi) is 6.54. The van der Waals surface area contributed by atoms with Crippen LogP contribution < -0.4 is 11.3 Å². The van der Waals surface area contributed by atoms with E-state index in [-0.39, 0.29) is 6.04 Å². The van der Waals surface area contributed by atoms with Gasteiger partial charge in [0.15, 0.2) is 0 Å². The number of thioether (sulfide) groups is 1. The molecule has 1 rings (SSSR count). The molecular formula is C11H21BrN4S. The minimum absolute atomic E-state index is 0.130. The summed E-state index contributed by atoms with van der Waals surface area (Å²) in [6, 6.07) is 0.467. The third kappa shape index (κ3) is 3.98. The molecule has 0 aliphatic rings. The molecule has 0 saturated heterocycles.